The Balaban J connectivity index is 1.76. The highest BCUT2D eigenvalue weighted by Gasteiger charge is 2.17. The van der Waals surface area contributed by atoms with Crippen molar-refractivity contribution in [3.63, 3.8) is 0 Å². The minimum Gasteiger partial charge on any atom is -0.253 e. The molecule has 1 heteroatoms. The summed E-state index contributed by atoms with van der Waals surface area (Å²) in [4.78, 5) is 5.03. The Kier molecular flexibility index (Phi) is 7.47. The van der Waals surface area contributed by atoms with Crippen LogP contribution in [0.3, 0.4) is 0 Å². The second kappa shape index (κ2) is 11.3. The second-order valence-electron chi connectivity index (χ2n) is 9.87. The van der Waals surface area contributed by atoms with E-state index in [1.807, 2.05) is 0 Å². The third-order valence-corrected chi connectivity index (χ3v) is 6.96. The Morgan fingerprint density at radius 2 is 0.974 bits per heavy atom. The first-order valence-corrected chi connectivity index (χ1v) is 13.2. The zero-order valence-electron chi connectivity index (χ0n) is 22.6. The lowest BCUT2D eigenvalue weighted by Crippen LogP contribution is -1.97. The molecule has 1 nitrogen and oxygen atoms in total. The zero-order valence-corrected chi connectivity index (χ0v) is 22.6. The van der Waals surface area contributed by atoms with Gasteiger partial charge in [0.1, 0.15) is 0 Å². The maximum Gasteiger partial charge on any atom is 0.0691 e. The number of aryl methyl sites for hydroxylation is 2. The van der Waals surface area contributed by atoms with Crippen LogP contribution in [0.1, 0.15) is 30.5 Å². The number of allylic oxidation sites excluding steroid dienone is 2. The van der Waals surface area contributed by atoms with E-state index >= 15 is 0 Å². The molecule has 5 aromatic rings. The average molecular weight is 492 g/mol. The Hall–Kier alpha value is -4.49. The van der Waals surface area contributed by atoms with Gasteiger partial charge < -0.3 is 0 Å². The Morgan fingerprint density at radius 1 is 0.526 bits per heavy atom. The Labute approximate surface area is 226 Å². The molecule has 0 aliphatic heterocycles. The fourth-order valence-corrected chi connectivity index (χ4v) is 5.13. The van der Waals surface area contributed by atoms with Crippen LogP contribution >= 0.6 is 0 Å². The highest BCUT2D eigenvalue weighted by molar-refractivity contribution is 6.04. The number of hydrogen-bond acceptors (Lipinski definition) is 1. The normalized spacial score (nSPS) is 12.0. The fourth-order valence-electron chi connectivity index (χ4n) is 5.13. The van der Waals surface area contributed by atoms with Gasteiger partial charge in [-0.15, -0.1) is 0 Å². The van der Waals surface area contributed by atoms with Gasteiger partial charge in [-0.05, 0) is 102 Å². The molecule has 0 aromatic heterocycles. The van der Waals surface area contributed by atoms with Gasteiger partial charge in [0.15, 0.2) is 0 Å². The van der Waals surface area contributed by atoms with E-state index in [-0.39, 0.29) is 0 Å². The molecule has 0 saturated carbocycles. The highest BCUT2D eigenvalue weighted by atomic mass is 14.7. The number of para-hydroxylation sites is 1. The molecule has 0 N–H and O–H groups in total. The molecular formula is C37H33N. The van der Waals surface area contributed by atoms with Crippen LogP contribution in [0.2, 0.25) is 0 Å². The average Bonchev–Trinajstić information content (AvgIpc) is 2.96. The van der Waals surface area contributed by atoms with E-state index in [1.165, 1.54) is 55.6 Å². The molecule has 0 atom stereocenters. The van der Waals surface area contributed by atoms with Crippen molar-refractivity contribution in [2.45, 2.75) is 27.7 Å². The molecule has 0 radical (unpaired) electrons. The Bertz CT molecular complexity index is 1530. The number of aliphatic imine (C=N–C) groups is 1. The van der Waals surface area contributed by atoms with Gasteiger partial charge in [-0.2, -0.15) is 0 Å². The molecule has 0 fully saturated rings. The van der Waals surface area contributed by atoms with Crippen LogP contribution < -0.4 is 0 Å². The summed E-state index contributed by atoms with van der Waals surface area (Å²) < 4.78 is 0. The quantitative estimate of drug-likeness (QED) is 0.209. The van der Waals surface area contributed by atoms with Crippen molar-refractivity contribution in [2.24, 2.45) is 4.99 Å². The van der Waals surface area contributed by atoms with Gasteiger partial charge in [0, 0.05) is 5.71 Å². The lowest BCUT2D eigenvalue weighted by Gasteiger charge is -2.19. The molecule has 5 rings (SSSR count). The van der Waals surface area contributed by atoms with Gasteiger partial charge in [0.25, 0.3) is 0 Å². The third-order valence-electron chi connectivity index (χ3n) is 6.96. The zero-order chi connectivity index (χ0) is 26.5. The summed E-state index contributed by atoms with van der Waals surface area (Å²) in [5, 5.41) is 0. The number of benzene rings is 5. The molecular weight excluding hydrogens is 458 g/mol. The van der Waals surface area contributed by atoms with Crippen LogP contribution in [0.15, 0.2) is 132 Å². The second-order valence-corrected chi connectivity index (χ2v) is 9.87. The topological polar surface area (TPSA) is 12.4 Å². The smallest absolute Gasteiger partial charge is 0.0691 e. The summed E-state index contributed by atoms with van der Waals surface area (Å²) in [6.07, 6.45) is 2.22. The molecule has 0 bridgehead atoms. The van der Waals surface area contributed by atoms with Crippen LogP contribution in [0.4, 0.5) is 5.69 Å². The van der Waals surface area contributed by atoms with Crippen LogP contribution in [-0.2, 0) is 0 Å². The summed E-state index contributed by atoms with van der Waals surface area (Å²) >= 11 is 0. The lowest BCUT2D eigenvalue weighted by atomic mass is 9.84. The van der Waals surface area contributed by atoms with Gasteiger partial charge in [-0.1, -0.05) is 109 Å². The minimum atomic E-state index is 0.991. The van der Waals surface area contributed by atoms with Crippen molar-refractivity contribution < 1.29 is 0 Å². The predicted molar refractivity (Wildman–Crippen MR) is 165 cm³/mol. The van der Waals surface area contributed by atoms with Crippen molar-refractivity contribution in [1.29, 1.82) is 0 Å². The predicted octanol–water partition coefficient (Wildman–Crippen LogP) is 10.5. The maximum absolute atomic E-state index is 5.03. The van der Waals surface area contributed by atoms with Crippen molar-refractivity contribution in [3.8, 4) is 33.4 Å². The van der Waals surface area contributed by atoms with Crippen molar-refractivity contribution in [3.05, 3.63) is 144 Å². The lowest BCUT2D eigenvalue weighted by molar-refractivity contribution is 1.32. The molecule has 0 aliphatic rings. The van der Waals surface area contributed by atoms with E-state index in [0.717, 1.165) is 11.4 Å². The van der Waals surface area contributed by atoms with E-state index in [4.69, 9.17) is 4.99 Å². The minimum absolute atomic E-state index is 0.991. The van der Waals surface area contributed by atoms with Crippen molar-refractivity contribution in [2.75, 3.05) is 0 Å². The molecule has 186 valence electrons. The highest BCUT2D eigenvalue weighted by Crippen LogP contribution is 2.41. The van der Waals surface area contributed by atoms with Gasteiger partial charge in [-0.25, -0.2) is 0 Å². The van der Waals surface area contributed by atoms with E-state index in [0.29, 0.717) is 0 Å². The van der Waals surface area contributed by atoms with Crippen LogP contribution in [0.5, 0.6) is 0 Å². The van der Waals surface area contributed by atoms with Crippen molar-refractivity contribution in [1.82, 2.24) is 0 Å². The van der Waals surface area contributed by atoms with Gasteiger partial charge in [-0.3, -0.25) is 4.99 Å². The summed E-state index contributed by atoms with van der Waals surface area (Å²) in [6, 6.07) is 43.1. The van der Waals surface area contributed by atoms with E-state index in [2.05, 4.69) is 155 Å². The van der Waals surface area contributed by atoms with Gasteiger partial charge in [0.05, 0.1) is 5.69 Å². The molecule has 0 saturated heterocycles. The Morgan fingerprint density at radius 3 is 1.45 bits per heavy atom. The van der Waals surface area contributed by atoms with Gasteiger partial charge >= 0.3 is 0 Å². The molecule has 0 aliphatic carbocycles. The first kappa shape index (κ1) is 25.2. The number of nitrogens with zero attached hydrogens (tertiary/aromatic N) is 1. The van der Waals surface area contributed by atoms with Crippen molar-refractivity contribution >= 4 is 17.0 Å². The standard InChI is InChI=1S/C37H33N/c1-26-15-14-16-27(2)37(26)38-29(4)23-28(3)36-34(31-19-10-6-11-20-31)24-33(30-17-8-5-9-18-30)25-35(36)32-21-12-7-13-22-32/h5-25H,1-4H3/b28-23+,38-29?. The number of rotatable bonds is 6. The monoisotopic (exact) mass is 491 g/mol. The maximum atomic E-state index is 5.03. The third kappa shape index (κ3) is 5.43. The van der Waals surface area contributed by atoms with Crippen LogP contribution in [0.25, 0.3) is 39.0 Å². The number of hydrogen-bond donors (Lipinski definition) is 0. The summed E-state index contributed by atoms with van der Waals surface area (Å²) in [6.45, 7) is 8.55. The van der Waals surface area contributed by atoms with E-state index in [1.54, 1.807) is 0 Å². The molecule has 38 heavy (non-hydrogen) atoms. The fraction of sp³-hybridized carbons (Fsp3) is 0.108. The molecule has 0 heterocycles. The SMILES string of the molecule is CC(/C=C(\C)c1c(-c2ccccc2)cc(-c2ccccc2)cc1-c1ccccc1)=Nc1c(C)cccc1C. The summed E-state index contributed by atoms with van der Waals surface area (Å²) in [7, 11) is 0. The molecule has 0 unspecified atom stereocenters. The summed E-state index contributed by atoms with van der Waals surface area (Å²) in [5.74, 6) is 0. The summed E-state index contributed by atoms with van der Waals surface area (Å²) in [5.41, 5.74) is 14.1. The van der Waals surface area contributed by atoms with Gasteiger partial charge in [0.2, 0.25) is 0 Å². The first-order chi connectivity index (χ1) is 18.5. The molecule has 0 amide bonds. The van der Waals surface area contributed by atoms with E-state index < -0.39 is 0 Å². The molecule has 0 spiro atoms. The van der Waals surface area contributed by atoms with Crippen LogP contribution in [-0.4, -0.2) is 5.71 Å². The molecule has 5 aromatic carbocycles. The van der Waals surface area contributed by atoms with Crippen LogP contribution in [0, 0.1) is 13.8 Å². The first-order valence-electron chi connectivity index (χ1n) is 13.2. The largest absolute Gasteiger partial charge is 0.253 e. The van der Waals surface area contributed by atoms with E-state index in [9.17, 15) is 0 Å².